The lowest BCUT2D eigenvalue weighted by Gasteiger charge is -2.09. The van der Waals surface area contributed by atoms with Crippen LogP contribution in [0.3, 0.4) is 0 Å². The number of aromatic nitrogens is 4. The molecular formula is C21H18N4O4S. The second kappa shape index (κ2) is 8.83. The van der Waals surface area contributed by atoms with E-state index in [0.29, 0.717) is 27.6 Å². The summed E-state index contributed by atoms with van der Waals surface area (Å²) in [5.74, 6) is 0.220. The lowest BCUT2D eigenvalue weighted by Crippen LogP contribution is -2.12. The van der Waals surface area contributed by atoms with Crippen molar-refractivity contribution in [2.24, 2.45) is 0 Å². The van der Waals surface area contributed by atoms with Crippen LogP contribution in [0.4, 0.5) is 0 Å². The van der Waals surface area contributed by atoms with Crippen LogP contribution in [0.5, 0.6) is 5.75 Å². The number of aromatic amines is 1. The number of esters is 1. The largest absolute Gasteiger partial charge is 0.494 e. The van der Waals surface area contributed by atoms with Crippen LogP contribution in [0.15, 0.2) is 70.7 Å². The highest BCUT2D eigenvalue weighted by Crippen LogP contribution is 2.24. The number of methoxy groups -OCH3 is 1. The SMILES string of the molecule is COc1ccccc1-n1ncc2c(=O)[nH]c(SCC(=O)OCc3ccccc3)nc21. The zero-order valence-corrected chi connectivity index (χ0v) is 16.9. The minimum absolute atomic E-state index is 0.0179. The summed E-state index contributed by atoms with van der Waals surface area (Å²) in [7, 11) is 1.56. The Labute approximate surface area is 175 Å². The van der Waals surface area contributed by atoms with Crippen molar-refractivity contribution in [1.82, 2.24) is 19.7 Å². The van der Waals surface area contributed by atoms with Crippen LogP contribution >= 0.6 is 11.8 Å². The predicted molar refractivity (Wildman–Crippen MR) is 113 cm³/mol. The lowest BCUT2D eigenvalue weighted by molar-refractivity contribution is -0.141. The van der Waals surface area contributed by atoms with Gasteiger partial charge in [0.05, 0.1) is 19.1 Å². The van der Waals surface area contributed by atoms with Gasteiger partial charge in [0.1, 0.15) is 23.4 Å². The molecule has 0 aliphatic rings. The first kappa shape index (κ1) is 19.7. The molecule has 0 saturated heterocycles. The van der Waals surface area contributed by atoms with E-state index < -0.39 is 5.97 Å². The Hall–Kier alpha value is -3.59. The Morgan fingerprint density at radius 2 is 1.90 bits per heavy atom. The fraction of sp³-hybridized carbons (Fsp3) is 0.143. The minimum Gasteiger partial charge on any atom is -0.494 e. The van der Waals surface area contributed by atoms with Gasteiger partial charge in [-0.25, -0.2) is 9.67 Å². The van der Waals surface area contributed by atoms with E-state index in [1.165, 1.54) is 6.20 Å². The highest BCUT2D eigenvalue weighted by molar-refractivity contribution is 7.99. The summed E-state index contributed by atoms with van der Waals surface area (Å²) < 4.78 is 12.2. The number of thioether (sulfide) groups is 1. The van der Waals surface area contributed by atoms with Crippen LogP contribution in [0, 0.1) is 0 Å². The topological polar surface area (TPSA) is 99.1 Å². The number of carbonyl (C=O) groups is 1. The molecule has 0 spiro atoms. The monoisotopic (exact) mass is 422 g/mol. The molecule has 1 N–H and O–H groups in total. The van der Waals surface area contributed by atoms with Crippen molar-refractivity contribution in [3.63, 3.8) is 0 Å². The number of H-pyrrole nitrogens is 1. The molecule has 152 valence electrons. The molecule has 0 bridgehead atoms. The summed E-state index contributed by atoms with van der Waals surface area (Å²) in [4.78, 5) is 31.7. The quantitative estimate of drug-likeness (QED) is 0.278. The maximum absolute atomic E-state index is 12.4. The second-order valence-corrected chi connectivity index (χ2v) is 7.24. The van der Waals surface area contributed by atoms with Crippen molar-refractivity contribution in [3.8, 4) is 11.4 Å². The number of fused-ring (bicyclic) bond motifs is 1. The Morgan fingerprint density at radius 1 is 1.13 bits per heavy atom. The third-order valence-corrected chi connectivity index (χ3v) is 5.15. The Balaban J connectivity index is 1.52. The Bertz CT molecular complexity index is 1240. The molecule has 0 atom stereocenters. The molecule has 0 unspecified atom stereocenters. The van der Waals surface area contributed by atoms with Crippen LogP contribution in [0.1, 0.15) is 5.56 Å². The molecule has 30 heavy (non-hydrogen) atoms. The van der Waals surface area contributed by atoms with Crippen LogP contribution in [-0.4, -0.2) is 38.6 Å². The van der Waals surface area contributed by atoms with Gasteiger partial charge >= 0.3 is 5.97 Å². The van der Waals surface area contributed by atoms with Gasteiger partial charge in [0.15, 0.2) is 10.8 Å². The van der Waals surface area contributed by atoms with E-state index in [9.17, 15) is 9.59 Å². The zero-order chi connectivity index (χ0) is 20.9. The molecule has 0 fully saturated rings. The maximum atomic E-state index is 12.4. The van der Waals surface area contributed by atoms with Gasteiger partial charge in [-0.3, -0.25) is 9.59 Å². The number of nitrogens with one attached hydrogen (secondary N) is 1. The molecule has 0 amide bonds. The molecular weight excluding hydrogens is 404 g/mol. The summed E-state index contributed by atoms with van der Waals surface area (Å²) in [6.45, 7) is 0.198. The van der Waals surface area contributed by atoms with Crippen molar-refractivity contribution >= 4 is 28.8 Å². The first-order chi connectivity index (χ1) is 14.7. The lowest BCUT2D eigenvalue weighted by atomic mass is 10.2. The van der Waals surface area contributed by atoms with E-state index in [1.807, 2.05) is 48.5 Å². The molecule has 2 aromatic carbocycles. The van der Waals surface area contributed by atoms with Gasteiger partial charge in [0, 0.05) is 0 Å². The smallest absolute Gasteiger partial charge is 0.316 e. The van der Waals surface area contributed by atoms with Crippen molar-refractivity contribution in [2.45, 2.75) is 11.8 Å². The van der Waals surface area contributed by atoms with E-state index >= 15 is 0 Å². The highest BCUT2D eigenvalue weighted by atomic mass is 32.2. The van der Waals surface area contributed by atoms with Gasteiger partial charge in [-0.1, -0.05) is 54.2 Å². The number of rotatable bonds is 7. The average Bonchev–Trinajstić information content (AvgIpc) is 3.21. The summed E-state index contributed by atoms with van der Waals surface area (Å²) in [6.07, 6.45) is 1.45. The summed E-state index contributed by atoms with van der Waals surface area (Å²) in [5, 5.41) is 4.94. The molecule has 4 rings (SSSR count). The summed E-state index contributed by atoms with van der Waals surface area (Å²) in [5.41, 5.74) is 1.61. The van der Waals surface area contributed by atoms with Crippen LogP contribution < -0.4 is 10.3 Å². The standard InChI is InChI=1S/C21H18N4O4S/c1-28-17-10-6-5-9-16(17)25-19-15(11-22-25)20(27)24-21(23-19)30-13-18(26)29-12-14-7-3-2-4-8-14/h2-11H,12-13H2,1H3,(H,23,24,27). The number of carbonyl (C=O) groups excluding carboxylic acids is 1. The second-order valence-electron chi connectivity index (χ2n) is 6.27. The highest BCUT2D eigenvalue weighted by Gasteiger charge is 2.15. The first-order valence-corrected chi connectivity index (χ1v) is 10.1. The molecule has 0 radical (unpaired) electrons. The molecule has 0 aliphatic heterocycles. The van der Waals surface area contributed by atoms with Crippen LogP contribution in [0.2, 0.25) is 0 Å². The maximum Gasteiger partial charge on any atom is 0.316 e. The molecule has 4 aromatic rings. The normalized spacial score (nSPS) is 10.8. The van der Waals surface area contributed by atoms with Gasteiger partial charge in [-0.15, -0.1) is 0 Å². The Morgan fingerprint density at radius 3 is 2.70 bits per heavy atom. The van der Waals surface area contributed by atoms with Crippen molar-refractivity contribution < 1.29 is 14.3 Å². The number of para-hydroxylation sites is 2. The van der Waals surface area contributed by atoms with Gasteiger partial charge < -0.3 is 14.5 Å². The van der Waals surface area contributed by atoms with Crippen molar-refractivity contribution in [1.29, 1.82) is 0 Å². The fourth-order valence-electron chi connectivity index (χ4n) is 2.85. The Kier molecular flexibility index (Phi) is 5.80. The molecule has 0 saturated carbocycles. The van der Waals surface area contributed by atoms with Gasteiger partial charge in [0.25, 0.3) is 5.56 Å². The van der Waals surface area contributed by atoms with E-state index in [1.54, 1.807) is 17.9 Å². The van der Waals surface area contributed by atoms with E-state index in [-0.39, 0.29) is 17.9 Å². The zero-order valence-electron chi connectivity index (χ0n) is 16.1. The number of nitrogens with zero attached hydrogens (tertiary/aromatic N) is 3. The number of ether oxygens (including phenoxy) is 2. The molecule has 0 aliphatic carbocycles. The number of hydrogen-bond donors (Lipinski definition) is 1. The van der Waals surface area contributed by atoms with Crippen molar-refractivity contribution in [2.75, 3.05) is 12.9 Å². The van der Waals surface area contributed by atoms with E-state index in [0.717, 1.165) is 17.3 Å². The minimum atomic E-state index is -0.398. The van der Waals surface area contributed by atoms with E-state index in [4.69, 9.17) is 9.47 Å². The van der Waals surface area contributed by atoms with Gasteiger partial charge in [-0.05, 0) is 17.7 Å². The third kappa shape index (κ3) is 4.20. The first-order valence-electron chi connectivity index (χ1n) is 9.09. The molecule has 9 heteroatoms. The van der Waals surface area contributed by atoms with E-state index in [2.05, 4.69) is 15.1 Å². The van der Waals surface area contributed by atoms with Gasteiger partial charge in [-0.2, -0.15) is 5.10 Å². The molecule has 8 nitrogen and oxygen atoms in total. The van der Waals surface area contributed by atoms with Crippen LogP contribution in [-0.2, 0) is 16.1 Å². The fourth-order valence-corrected chi connectivity index (χ4v) is 3.51. The number of benzene rings is 2. The third-order valence-electron chi connectivity index (χ3n) is 4.30. The van der Waals surface area contributed by atoms with Crippen LogP contribution in [0.25, 0.3) is 16.7 Å². The summed E-state index contributed by atoms with van der Waals surface area (Å²) >= 11 is 1.10. The summed E-state index contributed by atoms with van der Waals surface area (Å²) in [6, 6.07) is 16.7. The molecule has 2 aromatic heterocycles. The predicted octanol–water partition coefficient (Wildman–Crippen LogP) is 2.95. The van der Waals surface area contributed by atoms with Gasteiger partial charge in [0.2, 0.25) is 0 Å². The number of hydrogen-bond acceptors (Lipinski definition) is 7. The van der Waals surface area contributed by atoms with Crippen molar-refractivity contribution in [3.05, 3.63) is 76.7 Å². The molecule has 2 heterocycles. The average molecular weight is 422 g/mol.